The Balaban J connectivity index is 1.68. The summed E-state index contributed by atoms with van der Waals surface area (Å²) < 4.78 is 51.8. The Kier molecular flexibility index (Phi) is 4.01. The van der Waals surface area contributed by atoms with Crippen molar-refractivity contribution in [3.05, 3.63) is 35.6 Å². The number of aliphatic carboxylic acids is 1. The Labute approximate surface area is 135 Å². The summed E-state index contributed by atoms with van der Waals surface area (Å²) in [5.41, 5.74) is 0.760. The second-order valence-corrected chi connectivity index (χ2v) is 6.34. The molecule has 2 unspecified atom stereocenters. The van der Waals surface area contributed by atoms with Gasteiger partial charge in [0.1, 0.15) is 5.82 Å². The molecule has 1 aliphatic heterocycles. The van der Waals surface area contributed by atoms with Crippen molar-refractivity contribution in [1.82, 2.24) is 4.90 Å². The van der Waals surface area contributed by atoms with Gasteiger partial charge in [-0.05, 0) is 30.0 Å². The number of amides is 1. The summed E-state index contributed by atoms with van der Waals surface area (Å²) in [7, 11) is 0. The van der Waals surface area contributed by atoms with Gasteiger partial charge in [-0.25, -0.2) is 4.39 Å². The number of alkyl halides is 3. The third-order valence-electron chi connectivity index (χ3n) is 4.77. The van der Waals surface area contributed by atoms with Crippen LogP contribution in [-0.4, -0.2) is 41.1 Å². The van der Waals surface area contributed by atoms with Gasteiger partial charge < -0.3 is 10.0 Å². The number of nitrogens with zero attached hydrogens (tertiary/aromatic N) is 1. The summed E-state index contributed by atoms with van der Waals surface area (Å²) in [6.07, 6.45) is -4.17. The minimum absolute atomic E-state index is 0.147. The van der Waals surface area contributed by atoms with Gasteiger partial charge in [0.2, 0.25) is 5.91 Å². The largest absolute Gasteiger partial charge is 0.481 e. The van der Waals surface area contributed by atoms with E-state index in [-0.39, 0.29) is 5.92 Å². The average molecular weight is 345 g/mol. The van der Waals surface area contributed by atoms with E-state index in [1.54, 1.807) is 12.1 Å². The van der Waals surface area contributed by atoms with Crippen molar-refractivity contribution in [3.63, 3.8) is 0 Å². The number of hydrogen-bond donors (Lipinski definition) is 1. The van der Waals surface area contributed by atoms with Crippen LogP contribution in [0.4, 0.5) is 17.6 Å². The first-order chi connectivity index (χ1) is 11.2. The molecule has 2 aliphatic rings. The lowest BCUT2D eigenvalue weighted by Crippen LogP contribution is -2.34. The van der Waals surface area contributed by atoms with Crippen LogP contribution in [0.5, 0.6) is 0 Å². The Morgan fingerprint density at radius 2 is 1.71 bits per heavy atom. The molecule has 1 aliphatic carbocycles. The van der Waals surface area contributed by atoms with E-state index in [0.29, 0.717) is 6.42 Å². The summed E-state index contributed by atoms with van der Waals surface area (Å²) >= 11 is 0. The van der Waals surface area contributed by atoms with Gasteiger partial charge in [-0.3, -0.25) is 9.59 Å². The van der Waals surface area contributed by atoms with Gasteiger partial charge in [0, 0.05) is 19.0 Å². The number of rotatable bonds is 3. The summed E-state index contributed by atoms with van der Waals surface area (Å²) in [6.45, 7) is -1.04. The van der Waals surface area contributed by atoms with Crippen LogP contribution in [-0.2, 0) is 9.59 Å². The number of hydrogen-bond acceptors (Lipinski definition) is 2. The van der Waals surface area contributed by atoms with Crippen LogP contribution in [0, 0.1) is 23.6 Å². The molecule has 4 atom stereocenters. The number of carbonyl (C=O) groups is 2. The van der Waals surface area contributed by atoms with E-state index in [0.717, 1.165) is 10.5 Å². The highest BCUT2D eigenvalue weighted by Crippen LogP contribution is 2.49. The number of halogens is 4. The van der Waals surface area contributed by atoms with Gasteiger partial charge >= 0.3 is 12.1 Å². The molecular weight excluding hydrogens is 330 g/mol. The summed E-state index contributed by atoms with van der Waals surface area (Å²) in [6, 6.07) is 5.64. The van der Waals surface area contributed by atoms with Crippen molar-refractivity contribution < 1.29 is 32.3 Å². The predicted octanol–water partition coefficient (Wildman–Crippen LogP) is 2.65. The molecule has 0 spiro atoms. The van der Waals surface area contributed by atoms with E-state index in [9.17, 15) is 27.2 Å². The zero-order valence-corrected chi connectivity index (χ0v) is 12.5. The average Bonchev–Trinajstić information content (AvgIpc) is 3.14. The first-order valence-electron chi connectivity index (χ1n) is 7.52. The van der Waals surface area contributed by atoms with Crippen LogP contribution >= 0.6 is 0 Å². The molecule has 1 saturated heterocycles. The quantitative estimate of drug-likeness (QED) is 0.857. The highest BCUT2D eigenvalue weighted by atomic mass is 19.4. The maximum Gasteiger partial charge on any atom is 0.394 e. The van der Waals surface area contributed by atoms with Gasteiger partial charge in [0.15, 0.2) is 0 Å². The Hall–Kier alpha value is -2.12. The normalized spacial score (nSPS) is 29.6. The molecule has 1 N–H and O–H groups in total. The first kappa shape index (κ1) is 16.7. The fraction of sp³-hybridized carbons (Fsp3) is 0.500. The maximum absolute atomic E-state index is 13.0. The first-order valence-corrected chi connectivity index (χ1v) is 7.52. The molecule has 24 heavy (non-hydrogen) atoms. The minimum Gasteiger partial charge on any atom is -0.481 e. The smallest absolute Gasteiger partial charge is 0.394 e. The summed E-state index contributed by atoms with van der Waals surface area (Å²) in [4.78, 5) is 24.5. The van der Waals surface area contributed by atoms with Crippen LogP contribution in [0.2, 0.25) is 0 Å². The SMILES string of the molecule is O=C(O)[C@@H]1CN(C(=O)C2CC2c2ccc(F)cc2)C[C@H]1C(F)(F)F. The molecule has 0 radical (unpaired) electrons. The topological polar surface area (TPSA) is 57.6 Å². The second kappa shape index (κ2) is 5.75. The molecule has 130 valence electrons. The number of benzene rings is 1. The van der Waals surface area contributed by atoms with Crippen molar-refractivity contribution in [2.45, 2.75) is 18.5 Å². The number of carboxylic acid groups (broad SMARTS) is 1. The van der Waals surface area contributed by atoms with Crippen LogP contribution in [0.1, 0.15) is 17.9 Å². The third-order valence-corrected chi connectivity index (χ3v) is 4.77. The molecular formula is C16H15F4NO3. The minimum atomic E-state index is -4.65. The molecule has 1 aromatic carbocycles. The molecule has 4 nitrogen and oxygen atoms in total. The van der Waals surface area contributed by atoms with Crippen molar-refractivity contribution >= 4 is 11.9 Å². The van der Waals surface area contributed by atoms with E-state index in [4.69, 9.17) is 5.11 Å². The second-order valence-electron chi connectivity index (χ2n) is 6.34. The van der Waals surface area contributed by atoms with Gasteiger partial charge in [-0.2, -0.15) is 13.2 Å². The number of carbonyl (C=O) groups excluding carboxylic acids is 1. The Morgan fingerprint density at radius 3 is 2.21 bits per heavy atom. The molecule has 3 rings (SSSR count). The van der Waals surface area contributed by atoms with E-state index in [1.807, 2.05) is 0 Å². The van der Waals surface area contributed by atoms with Gasteiger partial charge in [0.25, 0.3) is 0 Å². The maximum atomic E-state index is 13.0. The van der Waals surface area contributed by atoms with Crippen LogP contribution < -0.4 is 0 Å². The summed E-state index contributed by atoms with van der Waals surface area (Å²) in [5, 5.41) is 8.98. The molecule has 2 fully saturated rings. The van der Waals surface area contributed by atoms with Crippen molar-refractivity contribution in [1.29, 1.82) is 0 Å². The van der Waals surface area contributed by atoms with Crippen molar-refractivity contribution in [2.24, 2.45) is 17.8 Å². The molecule has 0 aromatic heterocycles. The molecule has 1 aromatic rings. The van der Waals surface area contributed by atoms with Crippen LogP contribution in [0.15, 0.2) is 24.3 Å². The van der Waals surface area contributed by atoms with E-state index in [2.05, 4.69) is 0 Å². The van der Waals surface area contributed by atoms with E-state index < -0.39 is 54.7 Å². The predicted molar refractivity (Wildman–Crippen MR) is 74.5 cm³/mol. The Bertz CT molecular complexity index is 658. The lowest BCUT2D eigenvalue weighted by Gasteiger charge is -2.18. The lowest BCUT2D eigenvalue weighted by atomic mass is 9.96. The fourth-order valence-electron chi connectivity index (χ4n) is 3.35. The standard InChI is InChI=1S/C16H15F4NO3/c17-9-3-1-8(2-4-9)10-5-11(10)14(22)21-6-12(15(23)24)13(7-21)16(18,19)20/h1-4,10-13H,5-7H2,(H,23,24)/t10?,11?,12-,13-/m1/s1. The number of likely N-dealkylation sites (tertiary alicyclic amines) is 1. The monoisotopic (exact) mass is 345 g/mol. The number of carboxylic acids is 1. The fourth-order valence-corrected chi connectivity index (χ4v) is 3.35. The Morgan fingerprint density at radius 1 is 1.08 bits per heavy atom. The van der Waals surface area contributed by atoms with Crippen LogP contribution in [0.3, 0.4) is 0 Å². The van der Waals surface area contributed by atoms with Gasteiger partial charge in [-0.15, -0.1) is 0 Å². The summed E-state index contributed by atoms with van der Waals surface area (Å²) in [5.74, 6) is -6.68. The highest BCUT2D eigenvalue weighted by Gasteiger charge is 2.56. The third kappa shape index (κ3) is 3.09. The zero-order valence-electron chi connectivity index (χ0n) is 12.5. The van der Waals surface area contributed by atoms with Crippen LogP contribution in [0.25, 0.3) is 0 Å². The zero-order chi connectivity index (χ0) is 17.6. The lowest BCUT2D eigenvalue weighted by molar-refractivity contribution is -0.188. The molecule has 0 bridgehead atoms. The van der Waals surface area contributed by atoms with Crippen molar-refractivity contribution in [3.8, 4) is 0 Å². The van der Waals surface area contributed by atoms with Gasteiger partial charge in [-0.1, -0.05) is 12.1 Å². The van der Waals surface area contributed by atoms with Crippen molar-refractivity contribution in [2.75, 3.05) is 13.1 Å². The molecule has 1 saturated carbocycles. The van der Waals surface area contributed by atoms with E-state index in [1.165, 1.54) is 12.1 Å². The molecule has 8 heteroatoms. The van der Waals surface area contributed by atoms with Gasteiger partial charge in [0.05, 0.1) is 11.8 Å². The molecule has 1 heterocycles. The van der Waals surface area contributed by atoms with E-state index >= 15 is 0 Å². The highest BCUT2D eigenvalue weighted by molar-refractivity contribution is 5.84. The molecule has 1 amide bonds.